The van der Waals surface area contributed by atoms with E-state index in [4.69, 9.17) is 9.73 Å². The van der Waals surface area contributed by atoms with E-state index < -0.39 is 0 Å². The number of aromatic nitrogens is 3. The maximum atomic E-state index is 5.73. The van der Waals surface area contributed by atoms with Crippen LogP contribution in [0.25, 0.3) is 0 Å². The summed E-state index contributed by atoms with van der Waals surface area (Å²) in [5.74, 6) is 3.30. The lowest BCUT2D eigenvalue weighted by Crippen LogP contribution is -2.37. The van der Waals surface area contributed by atoms with Crippen molar-refractivity contribution >= 4 is 11.6 Å². The van der Waals surface area contributed by atoms with Crippen LogP contribution in [0.3, 0.4) is 0 Å². The van der Waals surface area contributed by atoms with Crippen LogP contribution < -0.4 is 15.4 Å². The Balaban J connectivity index is 1.54. The van der Waals surface area contributed by atoms with Crippen molar-refractivity contribution in [3.63, 3.8) is 0 Å². The van der Waals surface area contributed by atoms with Gasteiger partial charge >= 0.3 is 0 Å². The summed E-state index contributed by atoms with van der Waals surface area (Å²) >= 11 is 0. The second-order valence-electron chi connectivity index (χ2n) is 8.64. The van der Waals surface area contributed by atoms with Crippen LogP contribution in [-0.2, 0) is 13.6 Å². The van der Waals surface area contributed by atoms with Crippen molar-refractivity contribution in [3.8, 4) is 5.75 Å². The third kappa shape index (κ3) is 7.86. The first kappa shape index (κ1) is 23.1. The molecule has 170 valence electrons. The van der Waals surface area contributed by atoms with Gasteiger partial charge in [-0.1, -0.05) is 6.92 Å². The van der Waals surface area contributed by atoms with Crippen molar-refractivity contribution in [2.45, 2.75) is 52.7 Å². The van der Waals surface area contributed by atoms with E-state index in [-0.39, 0.29) is 6.10 Å². The van der Waals surface area contributed by atoms with Gasteiger partial charge in [-0.15, -0.1) is 10.2 Å². The molecule has 0 amide bonds. The summed E-state index contributed by atoms with van der Waals surface area (Å²) in [4.78, 5) is 7.28. The maximum absolute atomic E-state index is 5.73. The average molecular weight is 428 g/mol. The van der Waals surface area contributed by atoms with Crippen molar-refractivity contribution in [3.05, 3.63) is 36.4 Å². The molecular weight excluding hydrogens is 390 g/mol. The zero-order valence-corrected chi connectivity index (χ0v) is 19.3. The first-order valence-corrected chi connectivity index (χ1v) is 11.4. The third-order valence-corrected chi connectivity index (χ3v) is 5.49. The molecule has 1 aromatic heterocycles. The molecule has 2 N–H and O–H groups in total. The van der Waals surface area contributed by atoms with Crippen molar-refractivity contribution in [2.75, 3.05) is 31.5 Å². The van der Waals surface area contributed by atoms with Gasteiger partial charge in [-0.25, -0.2) is 4.99 Å². The summed E-state index contributed by atoms with van der Waals surface area (Å²) in [6.45, 7) is 11.3. The number of anilines is 1. The van der Waals surface area contributed by atoms with Crippen LogP contribution in [0.5, 0.6) is 5.75 Å². The molecule has 0 unspecified atom stereocenters. The van der Waals surface area contributed by atoms with Crippen LogP contribution in [-0.4, -0.2) is 57.9 Å². The minimum absolute atomic E-state index is 0.159. The Morgan fingerprint density at radius 3 is 2.61 bits per heavy atom. The predicted octanol–water partition coefficient (Wildman–Crippen LogP) is 3.28. The quantitative estimate of drug-likeness (QED) is 0.363. The van der Waals surface area contributed by atoms with Gasteiger partial charge in [0.15, 0.2) is 11.8 Å². The molecule has 2 heterocycles. The van der Waals surface area contributed by atoms with Crippen LogP contribution in [0.15, 0.2) is 35.6 Å². The number of nitrogens with zero attached hydrogens (tertiary/aromatic N) is 5. The highest BCUT2D eigenvalue weighted by Gasteiger charge is 2.14. The van der Waals surface area contributed by atoms with Gasteiger partial charge in [0.2, 0.25) is 0 Å². The first-order valence-electron chi connectivity index (χ1n) is 11.4. The van der Waals surface area contributed by atoms with Gasteiger partial charge in [0.05, 0.1) is 6.10 Å². The Hall–Kier alpha value is -2.61. The number of piperidine rings is 1. The number of rotatable bonds is 9. The SMILES string of the molecule is CC1CCN(CCCNC(=NCc2nncn2C)Nc2ccc(OC(C)C)cc2)CC1. The number of ether oxygens (including phenoxy) is 1. The highest BCUT2D eigenvalue weighted by Crippen LogP contribution is 2.17. The van der Waals surface area contributed by atoms with E-state index in [1.54, 1.807) is 6.33 Å². The fourth-order valence-corrected chi connectivity index (χ4v) is 3.56. The Kier molecular flexibility index (Phi) is 8.70. The Morgan fingerprint density at radius 1 is 1.23 bits per heavy atom. The molecular formula is C23H37N7O. The zero-order chi connectivity index (χ0) is 22.1. The highest BCUT2D eigenvalue weighted by atomic mass is 16.5. The Labute approximate surface area is 186 Å². The predicted molar refractivity (Wildman–Crippen MR) is 125 cm³/mol. The number of hydrogen-bond donors (Lipinski definition) is 2. The van der Waals surface area contributed by atoms with E-state index in [1.165, 1.54) is 25.9 Å². The number of likely N-dealkylation sites (tertiary alicyclic amines) is 1. The first-order chi connectivity index (χ1) is 15.0. The molecule has 8 nitrogen and oxygen atoms in total. The van der Waals surface area contributed by atoms with Gasteiger partial charge < -0.3 is 24.8 Å². The summed E-state index contributed by atoms with van der Waals surface area (Å²) in [7, 11) is 1.93. The van der Waals surface area contributed by atoms with Crippen LogP contribution in [0, 0.1) is 5.92 Å². The highest BCUT2D eigenvalue weighted by molar-refractivity contribution is 5.93. The van der Waals surface area contributed by atoms with Crippen molar-refractivity contribution in [1.29, 1.82) is 0 Å². The molecule has 0 aliphatic carbocycles. The number of aliphatic imine (C=N–C) groups is 1. The normalized spacial score (nSPS) is 16.0. The summed E-state index contributed by atoms with van der Waals surface area (Å²) < 4.78 is 7.62. The minimum Gasteiger partial charge on any atom is -0.491 e. The molecule has 3 rings (SSSR count). The molecule has 0 spiro atoms. The van der Waals surface area contributed by atoms with E-state index in [9.17, 15) is 0 Å². The molecule has 1 aromatic carbocycles. The molecule has 0 saturated carbocycles. The molecule has 2 aromatic rings. The van der Waals surface area contributed by atoms with Crippen molar-refractivity contribution in [1.82, 2.24) is 25.0 Å². The monoisotopic (exact) mass is 427 g/mol. The van der Waals surface area contributed by atoms with Crippen LogP contribution in [0.2, 0.25) is 0 Å². The van der Waals surface area contributed by atoms with Gasteiger partial charge in [0, 0.05) is 19.3 Å². The largest absolute Gasteiger partial charge is 0.491 e. The zero-order valence-electron chi connectivity index (χ0n) is 19.3. The standard InChI is InChI=1S/C23H37N7O/c1-18(2)31-21-8-6-20(7-9-21)27-23(25-16-22-28-26-17-29(22)4)24-12-5-13-30-14-10-19(3)11-15-30/h6-9,17-19H,5,10-16H2,1-4H3,(H2,24,25,27). The molecule has 0 atom stereocenters. The third-order valence-electron chi connectivity index (χ3n) is 5.49. The Bertz CT molecular complexity index is 808. The number of aryl methyl sites for hydroxylation is 1. The topological polar surface area (TPSA) is 79.6 Å². The van der Waals surface area contributed by atoms with Crippen LogP contribution in [0.1, 0.15) is 45.9 Å². The number of hydrogen-bond acceptors (Lipinski definition) is 5. The van der Waals surface area contributed by atoms with Crippen molar-refractivity contribution in [2.24, 2.45) is 18.0 Å². The fourth-order valence-electron chi connectivity index (χ4n) is 3.56. The molecule has 8 heteroatoms. The van der Waals surface area contributed by atoms with Gasteiger partial charge in [-0.3, -0.25) is 0 Å². The summed E-state index contributed by atoms with van der Waals surface area (Å²) in [6.07, 6.45) is 5.57. The second kappa shape index (κ2) is 11.7. The minimum atomic E-state index is 0.159. The van der Waals surface area contributed by atoms with E-state index in [1.807, 2.05) is 49.7 Å². The Morgan fingerprint density at radius 2 is 1.97 bits per heavy atom. The lowest BCUT2D eigenvalue weighted by Gasteiger charge is -2.30. The smallest absolute Gasteiger partial charge is 0.196 e. The molecule has 1 fully saturated rings. The lowest BCUT2D eigenvalue weighted by molar-refractivity contribution is 0.191. The van der Waals surface area contributed by atoms with E-state index in [0.29, 0.717) is 6.54 Å². The molecule has 1 aliphatic heterocycles. The molecule has 31 heavy (non-hydrogen) atoms. The molecule has 1 aliphatic rings. The average Bonchev–Trinajstić information content (AvgIpc) is 3.16. The second-order valence-corrected chi connectivity index (χ2v) is 8.64. The van der Waals surface area contributed by atoms with E-state index in [0.717, 1.165) is 48.6 Å². The molecule has 0 radical (unpaired) electrons. The van der Waals surface area contributed by atoms with Gasteiger partial charge in [-0.05, 0) is 82.9 Å². The van der Waals surface area contributed by atoms with E-state index >= 15 is 0 Å². The van der Waals surface area contributed by atoms with Crippen LogP contribution >= 0.6 is 0 Å². The summed E-state index contributed by atoms with van der Waals surface area (Å²) in [6, 6.07) is 7.96. The van der Waals surface area contributed by atoms with Gasteiger partial charge in [0.25, 0.3) is 0 Å². The van der Waals surface area contributed by atoms with Crippen molar-refractivity contribution < 1.29 is 4.74 Å². The molecule has 0 bridgehead atoms. The summed E-state index contributed by atoms with van der Waals surface area (Å²) in [5.41, 5.74) is 0.963. The van der Waals surface area contributed by atoms with Crippen LogP contribution in [0.4, 0.5) is 5.69 Å². The van der Waals surface area contributed by atoms with Gasteiger partial charge in [-0.2, -0.15) is 0 Å². The number of guanidine groups is 1. The maximum Gasteiger partial charge on any atom is 0.196 e. The van der Waals surface area contributed by atoms with Gasteiger partial charge in [0.1, 0.15) is 18.6 Å². The lowest BCUT2D eigenvalue weighted by atomic mass is 9.99. The van der Waals surface area contributed by atoms with E-state index in [2.05, 4.69) is 32.7 Å². The fraction of sp³-hybridized carbons (Fsp3) is 0.609. The molecule has 1 saturated heterocycles. The summed E-state index contributed by atoms with van der Waals surface area (Å²) in [5, 5.41) is 14.9. The number of nitrogens with one attached hydrogen (secondary N) is 2. The number of benzene rings is 1.